The van der Waals surface area contributed by atoms with Crippen molar-refractivity contribution in [3.05, 3.63) is 35.4 Å². The third-order valence-electron chi connectivity index (χ3n) is 2.60. The van der Waals surface area contributed by atoms with Gasteiger partial charge in [-0.25, -0.2) is 5.43 Å². The fraction of sp³-hybridized carbons (Fsp3) is 0.385. The largest absolute Gasteiger partial charge is 0.486 e. The maximum Gasteiger partial charge on any atom is 0.161 e. The molecule has 4 nitrogen and oxygen atoms in total. The summed E-state index contributed by atoms with van der Waals surface area (Å²) in [5.41, 5.74) is 5.06. The lowest BCUT2D eigenvalue weighted by molar-refractivity contribution is 0.171. The normalized spacial score (nSPS) is 15.2. The lowest BCUT2D eigenvalue weighted by atomic mass is 10.0. The molecule has 1 aromatic carbocycles. The van der Waals surface area contributed by atoms with Gasteiger partial charge in [-0.3, -0.25) is 5.84 Å². The van der Waals surface area contributed by atoms with Gasteiger partial charge in [-0.05, 0) is 31.5 Å². The zero-order valence-electron chi connectivity index (χ0n) is 10.2. The van der Waals surface area contributed by atoms with Crippen molar-refractivity contribution in [2.75, 3.05) is 13.2 Å². The maximum atomic E-state index is 5.56. The first-order valence-electron chi connectivity index (χ1n) is 5.71. The molecule has 1 heterocycles. The van der Waals surface area contributed by atoms with Gasteiger partial charge in [-0.2, -0.15) is 0 Å². The number of ether oxygens (including phenoxy) is 2. The summed E-state index contributed by atoms with van der Waals surface area (Å²) in [4.78, 5) is 0. The first-order valence-corrected chi connectivity index (χ1v) is 5.71. The molecule has 1 aliphatic heterocycles. The SMILES string of the molecule is CC(C)=CC(NN)c1ccc2c(c1)OCCO2. The van der Waals surface area contributed by atoms with Gasteiger partial charge in [-0.1, -0.05) is 17.7 Å². The van der Waals surface area contributed by atoms with Gasteiger partial charge in [-0.15, -0.1) is 0 Å². The van der Waals surface area contributed by atoms with Crippen molar-refractivity contribution >= 4 is 0 Å². The number of nitrogens with one attached hydrogen (secondary N) is 1. The molecule has 0 radical (unpaired) electrons. The lowest BCUT2D eigenvalue weighted by Crippen LogP contribution is -2.27. The average molecular weight is 234 g/mol. The second kappa shape index (κ2) is 5.21. The van der Waals surface area contributed by atoms with E-state index < -0.39 is 0 Å². The second-order valence-corrected chi connectivity index (χ2v) is 4.29. The lowest BCUT2D eigenvalue weighted by Gasteiger charge is -2.20. The molecule has 0 saturated carbocycles. The minimum absolute atomic E-state index is 0.00386. The Morgan fingerprint density at radius 3 is 2.65 bits per heavy atom. The van der Waals surface area contributed by atoms with Gasteiger partial charge in [0.15, 0.2) is 11.5 Å². The number of fused-ring (bicyclic) bond motifs is 1. The molecule has 0 amide bonds. The molecule has 0 bridgehead atoms. The molecule has 92 valence electrons. The van der Waals surface area contributed by atoms with Gasteiger partial charge in [0, 0.05) is 0 Å². The Morgan fingerprint density at radius 1 is 1.29 bits per heavy atom. The summed E-state index contributed by atoms with van der Waals surface area (Å²) in [5, 5.41) is 0. The van der Waals surface area contributed by atoms with E-state index in [1.54, 1.807) is 0 Å². The predicted molar refractivity (Wildman–Crippen MR) is 66.9 cm³/mol. The van der Waals surface area contributed by atoms with E-state index >= 15 is 0 Å². The third kappa shape index (κ3) is 2.78. The van der Waals surface area contributed by atoms with Crippen molar-refractivity contribution in [1.29, 1.82) is 0 Å². The van der Waals surface area contributed by atoms with Gasteiger partial charge < -0.3 is 9.47 Å². The Kier molecular flexibility index (Phi) is 3.66. The van der Waals surface area contributed by atoms with Crippen LogP contribution >= 0.6 is 0 Å². The number of hydrogen-bond acceptors (Lipinski definition) is 4. The first-order chi connectivity index (χ1) is 8.20. The predicted octanol–water partition coefficient (Wildman–Crippen LogP) is 1.93. The van der Waals surface area contributed by atoms with Crippen molar-refractivity contribution in [3.63, 3.8) is 0 Å². The van der Waals surface area contributed by atoms with E-state index in [-0.39, 0.29) is 6.04 Å². The quantitative estimate of drug-likeness (QED) is 0.476. The molecular formula is C13H18N2O2. The molecule has 3 N–H and O–H groups in total. The van der Waals surface area contributed by atoms with Crippen LogP contribution in [0.2, 0.25) is 0 Å². The number of rotatable bonds is 3. The van der Waals surface area contributed by atoms with E-state index in [0.29, 0.717) is 13.2 Å². The molecule has 1 atom stereocenters. The van der Waals surface area contributed by atoms with Crippen LogP contribution in [0.4, 0.5) is 0 Å². The minimum Gasteiger partial charge on any atom is -0.486 e. The highest BCUT2D eigenvalue weighted by molar-refractivity contribution is 5.45. The Morgan fingerprint density at radius 2 is 2.00 bits per heavy atom. The number of allylic oxidation sites excluding steroid dienone is 1. The fourth-order valence-electron chi connectivity index (χ4n) is 1.83. The molecule has 0 aromatic heterocycles. The van der Waals surface area contributed by atoms with E-state index in [0.717, 1.165) is 17.1 Å². The molecule has 1 unspecified atom stereocenters. The van der Waals surface area contributed by atoms with E-state index in [1.165, 1.54) is 5.57 Å². The van der Waals surface area contributed by atoms with Crippen LogP contribution in [0.25, 0.3) is 0 Å². The molecule has 0 aliphatic carbocycles. The third-order valence-corrected chi connectivity index (χ3v) is 2.60. The fourth-order valence-corrected chi connectivity index (χ4v) is 1.83. The molecule has 0 spiro atoms. The van der Waals surface area contributed by atoms with Crippen LogP contribution in [0.3, 0.4) is 0 Å². The van der Waals surface area contributed by atoms with Crippen LogP contribution in [-0.4, -0.2) is 13.2 Å². The summed E-state index contributed by atoms with van der Waals surface area (Å²) in [6, 6.07) is 5.89. The summed E-state index contributed by atoms with van der Waals surface area (Å²) in [7, 11) is 0. The van der Waals surface area contributed by atoms with Gasteiger partial charge in [0.2, 0.25) is 0 Å². The Labute approximate surface area is 101 Å². The molecular weight excluding hydrogens is 216 g/mol. The van der Waals surface area contributed by atoms with Gasteiger partial charge in [0.1, 0.15) is 13.2 Å². The van der Waals surface area contributed by atoms with Crippen LogP contribution in [-0.2, 0) is 0 Å². The zero-order valence-corrected chi connectivity index (χ0v) is 10.2. The molecule has 17 heavy (non-hydrogen) atoms. The smallest absolute Gasteiger partial charge is 0.161 e. The molecule has 1 aliphatic rings. The van der Waals surface area contributed by atoms with Crippen LogP contribution in [0, 0.1) is 0 Å². The Hall–Kier alpha value is -1.52. The number of benzene rings is 1. The molecule has 2 rings (SSSR count). The summed E-state index contributed by atoms with van der Waals surface area (Å²) >= 11 is 0. The molecule has 0 fully saturated rings. The number of hydrazine groups is 1. The zero-order chi connectivity index (χ0) is 12.3. The highest BCUT2D eigenvalue weighted by Crippen LogP contribution is 2.32. The van der Waals surface area contributed by atoms with E-state index in [2.05, 4.69) is 11.5 Å². The van der Waals surface area contributed by atoms with Crippen molar-refractivity contribution in [2.24, 2.45) is 5.84 Å². The average Bonchev–Trinajstić information content (AvgIpc) is 2.35. The highest BCUT2D eigenvalue weighted by atomic mass is 16.6. The van der Waals surface area contributed by atoms with E-state index in [1.807, 2.05) is 32.0 Å². The monoisotopic (exact) mass is 234 g/mol. The maximum absolute atomic E-state index is 5.56. The molecule has 4 heteroatoms. The first kappa shape index (κ1) is 12.0. The van der Waals surface area contributed by atoms with Crippen LogP contribution in [0.1, 0.15) is 25.5 Å². The molecule has 0 saturated heterocycles. The van der Waals surface area contributed by atoms with E-state index in [4.69, 9.17) is 15.3 Å². The van der Waals surface area contributed by atoms with Gasteiger partial charge in [0.05, 0.1) is 6.04 Å². The van der Waals surface area contributed by atoms with Gasteiger partial charge >= 0.3 is 0 Å². The minimum atomic E-state index is -0.00386. The Bertz CT molecular complexity index is 425. The van der Waals surface area contributed by atoms with Crippen molar-refractivity contribution < 1.29 is 9.47 Å². The Balaban J connectivity index is 2.29. The summed E-state index contributed by atoms with van der Waals surface area (Å²) in [6.45, 7) is 5.30. The van der Waals surface area contributed by atoms with Crippen molar-refractivity contribution in [3.8, 4) is 11.5 Å². The van der Waals surface area contributed by atoms with Crippen molar-refractivity contribution in [1.82, 2.24) is 5.43 Å². The van der Waals surface area contributed by atoms with Crippen LogP contribution in [0.5, 0.6) is 11.5 Å². The standard InChI is InChI=1S/C13H18N2O2/c1-9(2)7-11(15-14)10-3-4-12-13(8-10)17-6-5-16-12/h3-4,7-8,11,15H,5-6,14H2,1-2H3. The highest BCUT2D eigenvalue weighted by Gasteiger charge is 2.14. The van der Waals surface area contributed by atoms with E-state index in [9.17, 15) is 0 Å². The van der Waals surface area contributed by atoms with Crippen LogP contribution < -0.4 is 20.7 Å². The number of hydrogen-bond donors (Lipinski definition) is 2. The summed E-state index contributed by atoms with van der Waals surface area (Å²) in [5.74, 6) is 7.15. The van der Waals surface area contributed by atoms with Crippen LogP contribution in [0.15, 0.2) is 29.8 Å². The van der Waals surface area contributed by atoms with Crippen molar-refractivity contribution in [2.45, 2.75) is 19.9 Å². The molecule has 1 aromatic rings. The topological polar surface area (TPSA) is 56.5 Å². The second-order valence-electron chi connectivity index (χ2n) is 4.29. The van der Waals surface area contributed by atoms with Gasteiger partial charge in [0.25, 0.3) is 0 Å². The number of nitrogens with two attached hydrogens (primary N) is 1. The summed E-state index contributed by atoms with van der Waals surface area (Å²) in [6.07, 6.45) is 2.07. The summed E-state index contributed by atoms with van der Waals surface area (Å²) < 4.78 is 11.0.